The largest absolute Gasteiger partial charge is 0.416 e. The molecule has 4 rings (SSSR count). The van der Waals surface area contributed by atoms with E-state index < -0.39 is 23.5 Å². The predicted molar refractivity (Wildman–Crippen MR) is 118 cm³/mol. The third-order valence-electron chi connectivity index (χ3n) is 6.27. The van der Waals surface area contributed by atoms with E-state index in [1.165, 1.54) is 0 Å². The van der Waals surface area contributed by atoms with Gasteiger partial charge < -0.3 is 0 Å². The minimum absolute atomic E-state index is 0.0884. The van der Waals surface area contributed by atoms with E-state index in [4.69, 9.17) is 0 Å². The monoisotopic (exact) mass is 460 g/mol. The van der Waals surface area contributed by atoms with Crippen molar-refractivity contribution in [3.63, 3.8) is 0 Å². The van der Waals surface area contributed by atoms with Gasteiger partial charge in [-0.2, -0.15) is 26.3 Å². The van der Waals surface area contributed by atoms with Crippen molar-refractivity contribution in [1.29, 1.82) is 0 Å². The van der Waals surface area contributed by atoms with Crippen LogP contribution in [0.15, 0.2) is 66.2 Å². The average Bonchev–Trinajstić information content (AvgIpc) is 3.21. The Balaban J connectivity index is 2.05. The smallest absolute Gasteiger partial charge is 0.166 e. The molecular formula is C27H22F6. The van der Waals surface area contributed by atoms with Crippen LogP contribution in [0.4, 0.5) is 26.3 Å². The highest BCUT2D eigenvalue weighted by Crippen LogP contribution is 2.45. The topological polar surface area (TPSA) is 0 Å². The van der Waals surface area contributed by atoms with Crippen molar-refractivity contribution in [2.75, 3.05) is 0 Å². The summed E-state index contributed by atoms with van der Waals surface area (Å²) in [6.07, 6.45) is -6.34. The second-order valence-corrected chi connectivity index (χ2v) is 8.43. The molecule has 0 fully saturated rings. The van der Waals surface area contributed by atoms with Crippen LogP contribution < -0.4 is 0 Å². The van der Waals surface area contributed by atoms with Gasteiger partial charge in [0.2, 0.25) is 0 Å². The molecule has 0 nitrogen and oxygen atoms in total. The molecule has 0 radical (unpaired) electrons. The number of allylic oxidation sites excluding steroid dienone is 1. The number of alkyl halides is 6. The van der Waals surface area contributed by atoms with Crippen molar-refractivity contribution in [2.24, 2.45) is 5.92 Å². The Morgan fingerprint density at radius 1 is 0.788 bits per heavy atom. The summed E-state index contributed by atoms with van der Waals surface area (Å²) in [5, 5.41) is 0. The fourth-order valence-electron chi connectivity index (χ4n) is 4.29. The molecule has 0 spiro atoms. The highest BCUT2D eigenvalue weighted by Gasteiger charge is 2.37. The lowest BCUT2D eigenvalue weighted by molar-refractivity contribution is -0.143. The zero-order valence-electron chi connectivity index (χ0n) is 18.1. The van der Waals surface area contributed by atoms with Crippen LogP contribution in [0, 0.1) is 5.92 Å². The van der Waals surface area contributed by atoms with Gasteiger partial charge in [0.15, 0.2) is 0 Å². The molecule has 6 heteroatoms. The van der Waals surface area contributed by atoms with Crippen LogP contribution in [0.3, 0.4) is 0 Å². The van der Waals surface area contributed by atoms with Gasteiger partial charge in [0.1, 0.15) is 0 Å². The normalized spacial score (nSPS) is 14.7. The number of fused-ring (bicyclic) bond motifs is 1. The number of rotatable bonds is 4. The Morgan fingerprint density at radius 2 is 1.39 bits per heavy atom. The van der Waals surface area contributed by atoms with Gasteiger partial charge in [0.05, 0.1) is 11.1 Å². The molecule has 0 N–H and O–H groups in total. The molecule has 0 aromatic heterocycles. The van der Waals surface area contributed by atoms with Gasteiger partial charge in [-0.25, -0.2) is 0 Å². The molecule has 1 atom stereocenters. The van der Waals surface area contributed by atoms with E-state index in [-0.39, 0.29) is 17.5 Å². The molecule has 33 heavy (non-hydrogen) atoms. The van der Waals surface area contributed by atoms with Crippen molar-refractivity contribution in [2.45, 2.75) is 39.0 Å². The number of hydrogen-bond donors (Lipinski definition) is 0. The highest BCUT2D eigenvalue weighted by molar-refractivity contribution is 5.92. The molecule has 1 unspecified atom stereocenters. The zero-order valence-corrected chi connectivity index (χ0v) is 18.1. The van der Waals surface area contributed by atoms with Gasteiger partial charge in [0.25, 0.3) is 0 Å². The molecule has 0 heterocycles. The molecular weight excluding hydrogens is 438 g/mol. The molecule has 3 aromatic carbocycles. The van der Waals surface area contributed by atoms with E-state index >= 15 is 0 Å². The third-order valence-corrected chi connectivity index (χ3v) is 6.27. The standard InChI is InChI=1S/C27H22F6/c1-3-16(2)19-11-18-9-10-23(17-7-5-4-6-8-17)25(24(18)14-19)20-12-21(26(28,29)30)15-22(13-20)27(31,32)33/h4-10,12-16H,3,11H2,1-2H3. The van der Waals surface area contributed by atoms with Gasteiger partial charge in [-0.05, 0) is 70.3 Å². The minimum Gasteiger partial charge on any atom is -0.166 e. The van der Waals surface area contributed by atoms with Crippen LogP contribution in [0.5, 0.6) is 0 Å². The van der Waals surface area contributed by atoms with Crippen LogP contribution in [-0.4, -0.2) is 0 Å². The SMILES string of the molecule is CCC(C)C1=Cc2c(ccc(-c3ccccc3)c2-c2cc(C(F)(F)F)cc(C(F)(F)F)c2)C1. The van der Waals surface area contributed by atoms with Gasteiger partial charge in [0, 0.05) is 0 Å². The summed E-state index contributed by atoms with van der Waals surface area (Å²) < 4.78 is 81.5. The lowest BCUT2D eigenvalue weighted by atomic mass is 9.87. The van der Waals surface area contributed by atoms with E-state index in [0.717, 1.165) is 35.3 Å². The van der Waals surface area contributed by atoms with Crippen LogP contribution in [0.25, 0.3) is 28.3 Å². The van der Waals surface area contributed by atoms with Crippen LogP contribution in [-0.2, 0) is 18.8 Å². The van der Waals surface area contributed by atoms with Crippen molar-refractivity contribution in [1.82, 2.24) is 0 Å². The Kier molecular flexibility index (Phi) is 5.89. The average molecular weight is 460 g/mol. The Labute approximate surface area is 188 Å². The summed E-state index contributed by atoms with van der Waals surface area (Å²) >= 11 is 0. The molecule has 0 amide bonds. The summed E-state index contributed by atoms with van der Waals surface area (Å²) in [4.78, 5) is 0. The van der Waals surface area contributed by atoms with Crippen LogP contribution in [0.2, 0.25) is 0 Å². The number of halogens is 6. The molecule has 0 saturated heterocycles. The van der Waals surface area contributed by atoms with Gasteiger partial charge >= 0.3 is 12.4 Å². The first-order valence-corrected chi connectivity index (χ1v) is 10.7. The molecule has 0 saturated carbocycles. The van der Waals surface area contributed by atoms with Gasteiger partial charge in [-0.3, -0.25) is 0 Å². The quantitative estimate of drug-likeness (QED) is 0.341. The van der Waals surface area contributed by atoms with Crippen molar-refractivity contribution >= 4 is 6.08 Å². The Morgan fingerprint density at radius 3 is 1.94 bits per heavy atom. The number of benzene rings is 3. The maximum atomic E-state index is 13.6. The van der Waals surface area contributed by atoms with Crippen LogP contribution in [0.1, 0.15) is 42.5 Å². The minimum atomic E-state index is -4.90. The molecule has 1 aliphatic rings. The third kappa shape index (κ3) is 4.56. The van der Waals surface area contributed by atoms with Gasteiger partial charge in [-0.15, -0.1) is 0 Å². The van der Waals surface area contributed by atoms with E-state index in [1.54, 1.807) is 30.3 Å². The fourth-order valence-corrected chi connectivity index (χ4v) is 4.29. The predicted octanol–water partition coefficient (Wildman–Crippen LogP) is 9.04. The van der Waals surface area contributed by atoms with E-state index in [1.807, 2.05) is 25.1 Å². The maximum Gasteiger partial charge on any atom is 0.416 e. The second kappa shape index (κ2) is 8.40. The first-order chi connectivity index (χ1) is 15.5. The maximum absolute atomic E-state index is 13.6. The Bertz CT molecular complexity index is 1170. The lowest BCUT2D eigenvalue weighted by Gasteiger charge is -2.19. The summed E-state index contributed by atoms with van der Waals surface area (Å²) in [6, 6.07) is 14.5. The summed E-state index contributed by atoms with van der Waals surface area (Å²) in [6.45, 7) is 4.12. The highest BCUT2D eigenvalue weighted by atomic mass is 19.4. The number of hydrogen-bond acceptors (Lipinski definition) is 0. The zero-order chi connectivity index (χ0) is 24.0. The molecule has 0 aliphatic heterocycles. The van der Waals surface area contributed by atoms with Crippen molar-refractivity contribution in [3.05, 3.63) is 88.5 Å². The Hall–Kier alpha value is -3.02. The van der Waals surface area contributed by atoms with Crippen molar-refractivity contribution < 1.29 is 26.3 Å². The molecule has 172 valence electrons. The molecule has 0 bridgehead atoms. The lowest BCUT2D eigenvalue weighted by Crippen LogP contribution is -2.11. The first kappa shape index (κ1) is 23.1. The van der Waals surface area contributed by atoms with E-state index in [2.05, 4.69) is 6.92 Å². The van der Waals surface area contributed by atoms with E-state index in [0.29, 0.717) is 23.1 Å². The summed E-state index contributed by atoms with van der Waals surface area (Å²) in [7, 11) is 0. The molecule has 1 aliphatic carbocycles. The van der Waals surface area contributed by atoms with Crippen molar-refractivity contribution in [3.8, 4) is 22.3 Å². The molecule has 3 aromatic rings. The first-order valence-electron chi connectivity index (χ1n) is 10.7. The second-order valence-electron chi connectivity index (χ2n) is 8.43. The van der Waals surface area contributed by atoms with Crippen LogP contribution >= 0.6 is 0 Å². The summed E-state index contributed by atoms with van der Waals surface area (Å²) in [5.74, 6) is 0.262. The summed E-state index contributed by atoms with van der Waals surface area (Å²) in [5.41, 5.74) is 1.74. The van der Waals surface area contributed by atoms with E-state index in [9.17, 15) is 26.3 Å². The fraction of sp³-hybridized carbons (Fsp3) is 0.259. The van der Waals surface area contributed by atoms with Gasteiger partial charge in [-0.1, -0.05) is 68.0 Å².